The van der Waals surface area contributed by atoms with Gasteiger partial charge in [-0.25, -0.2) is 12.8 Å². The first-order valence-electron chi connectivity index (χ1n) is 13.3. The number of hydrogen-bond donors (Lipinski definition) is 0. The number of carbonyl (C=O) groups excluding carboxylic acids is 2. The molecule has 0 N–H and O–H groups in total. The van der Waals surface area contributed by atoms with Gasteiger partial charge in [0.05, 0.1) is 12.3 Å². The molecule has 1 heterocycles. The number of benzene rings is 2. The van der Waals surface area contributed by atoms with Crippen molar-refractivity contribution in [1.29, 1.82) is 0 Å². The van der Waals surface area contributed by atoms with E-state index < -0.39 is 10.0 Å². The van der Waals surface area contributed by atoms with Crippen molar-refractivity contribution in [3.05, 3.63) is 64.9 Å². The molecule has 2 amide bonds. The summed E-state index contributed by atoms with van der Waals surface area (Å²) in [6, 6.07) is 12.5. The summed E-state index contributed by atoms with van der Waals surface area (Å²) in [5.74, 6) is -0.295. The summed E-state index contributed by atoms with van der Waals surface area (Å²) in [6.45, 7) is 4.68. The van der Waals surface area contributed by atoms with E-state index in [0.29, 0.717) is 49.5 Å². The van der Waals surface area contributed by atoms with E-state index in [9.17, 15) is 22.4 Å². The molecule has 3 rings (SSSR count). The summed E-state index contributed by atoms with van der Waals surface area (Å²) in [7, 11) is -3.56. The van der Waals surface area contributed by atoms with Crippen molar-refractivity contribution < 1.29 is 27.1 Å². The highest BCUT2D eigenvalue weighted by Crippen LogP contribution is 2.22. The fraction of sp³-hybridized carbons (Fsp3) is 0.500. The highest BCUT2D eigenvalue weighted by atomic mass is 35.5. The molecule has 0 radical (unpaired) electrons. The molecule has 214 valence electrons. The van der Waals surface area contributed by atoms with Crippen LogP contribution in [-0.4, -0.2) is 78.9 Å². The molecule has 2 aromatic carbocycles. The maximum atomic E-state index is 13.6. The van der Waals surface area contributed by atoms with Crippen LogP contribution in [0.25, 0.3) is 0 Å². The van der Waals surface area contributed by atoms with Crippen molar-refractivity contribution in [2.75, 3.05) is 38.5 Å². The van der Waals surface area contributed by atoms with Crippen molar-refractivity contribution in [3.8, 4) is 5.75 Å². The highest BCUT2D eigenvalue weighted by Gasteiger charge is 2.32. The summed E-state index contributed by atoms with van der Waals surface area (Å²) in [4.78, 5) is 29.7. The lowest BCUT2D eigenvalue weighted by Crippen LogP contribution is -2.52. The minimum atomic E-state index is -3.56. The molecule has 0 spiro atoms. The Balaban J connectivity index is 1.68. The van der Waals surface area contributed by atoms with E-state index in [1.54, 1.807) is 53.1 Å². The summed E-state index contributed by atoms with van der Waals surface area (Å²) in [5, 5.41) is 0.580. The monoisotopic (exact) mass is 581 g/mol. The molecule has 2 aromatic rings. The van der Waals surface area contributed by atoms with Gasteiger partial charge in [0, 0.05) is 37.2 Å². The van der Waals surface area contributed by atoms with Crippen LogP contribution < -0.4 is 4.74 Å². The van der Waals surface area contributed by atoms with E-state index >= 15 is 0 Å². The van der Waals surface area contributed by atoms with E-state index in [1.165, 1.54) is 16.4 Å². The van der Waals surface area contributed by atoms with E-state index in [-0.39, 0.29) is 55.7 Å². The minimum Gasteiger partial charge on any atom is -0.484 e. The molecule has 1 aliphatic heterocycles. The third-order valence-electron chi connectivity index (χ3n) is 6.66. The number of ether oxygens (including phenoxy) is 1. The lowest BCUT2D eigenvalue weighted by atomic mass is 10.0. The molecule has 39 heavy (non-hydrogen) atoms. The van der Waals surface area contributed by atoms with Crippen molar-refractivity contribution in [1.82, 2.24) is 14.1 Å². The van der Waals surface area contributed by atoms with E-state index in [0.717, 1.165) is 5.56 Å². The van der Waals surface area contributed by atoms with Crippen LogP contribution in [0.15, 0.2) is 48.5 Å². The van der Waals surface area contributed by atoms with Gasteiger partial charge in [-0.3, -0.25) is 9.59 Å². The largest absolute Gasteiger partial charge is 0.484 e. The second-order valence-corrected chi connectivity index (χ2v) is 12.2. The fourth-order valence-corrected chi connectivity index (χ4v) is 6.26. The molecule has 1 aliphatic rings. The molecule has 11 heteroatoms. The van der Waals surface area contributed by atoms with Gasteiger partial charge in [0.2, 0.25) is 15.9 Å². The van der Waals surface area contributed by atoms with Gasteiger partial charge in [-0.15, -0.1) is 0 Å². The molecule has 0 aromatic heterocycles. The Morgan fingerprint density at radius 1 is 1.03 bits per heavy atom. The Morgan fingerprint density at radius 3 is 2.26 bits per heavy atom. The number of amides is 2. The Bertz CT molecular complexity index is 1190. The van der Waals surface area contributed by atoms with E-state index in [1.807, 2.05) is 6.92 Å². The van der Waals surface area contributed by atoms with Gasteiger partial charge in [-0.2, -0.15) is 4.31 Å². The standard InChI is InChI=1S/C28H37ClFN3O5S/c1-3-15-32(39(36,37)18-4-2)20-27(34)33(19-22-5-9-24(30)10-6-22)25-13-16-31(17-14-25)28(35)21-38-26-11-7-23(29)8-12-26/h5-12,25H,3-4,13-21H2,1-2H3. The van der Waals surface area contributed by atoms with Gasteiger partial charge in [-0.05, 0) is 67.6 Å². The quantitative estimate of drug-likeness (QED) is 0.351. The van der Waals surface area contributed by atoms with Gasteiger partial charge in [-0.1, -0.05) is 37.6 Å². The van der Waals surface area contributed by atoms with Crippen LogP contribution in [0.2, 0.25) is 5.02 Å². The van der Waals surface area contributed by atoms with Crippen LogP contribution in [-0.2, 0) is 26.2 Å². The molecule has 0 unspecified atom stereocenters. The average molecular weight is 582 g/mol. The molecular formula is C28H37ClFN3O5S. The van der Waals surface area contributed by atoms with Crippen LogP contribution >= 0.6 is 11.6 Å². The normalized spacial score (nSPS) is 14.4. The summed E-state index contributed by atoms with van der Waals surface area (Å²) in [6.07, 6.45) is 2.13. The number of hydrogen-bond acceptors (Lipinski definition) is 5. The minimum absolute atomic E-state index is 0.0170. The molecule has 0 saturated carbocycles. The lowest BCUT2D eigenvalue weighted by Gasteiger charge is -2.39. The van der Waals surface area contributed by atoms with Crippen molar-refractivity contribution in [3.63, 3.8) is 0 Å². The van der Waals surface area contributed by atoms with Gasteiger partial charge in [0.25, 0.3) is 5.91 Å². The Morgan fingerprint density at radius 2 is 1.67 bits per heavy atom. The molecule has 0 atom stereocenters. The number of rotatable bonds is 13. The van der Waals surface area contributed by atoms with E-state index in [4.69, 9.17) is 16.3 Å². The Hall–Kier alpha value is -2.69. The number of carbonyl (C=O) groups is 2. The zero-order chi connectivity index (χ0) is 28.4. The lowest BCUT2D eigenvalue weighted by molar-refractivity contribution is -0.138. The number of sulfonamides is 1. The number of nitrogens with zero attached hydrogens (tertiary/aromatic N) is 3. The predicted octanol–water partition coefficient (Wildman–Crippen LogP) is 4.33. The zero-order valence-electron chi connectivity index (χ0n) is 22.5. The predicted molar refractivity (Wildman–Crippen MR) is 149 cm³/mol. The third-order valence-corrected chi connectivity index (χ3v) is 8.94. The summed E-state index contributed by atoms with van der Waals surface area (Å²) in [5.41, 5.74) is 0.748. The number of likely N-dealkylation sites (tertiary alicyclic amines) is 1. The van der Waals surface area contributed by atoms with Gasteiger partial charge in [0.1, 0.15) is 11.6 Å². The van der Waals surface area contributed by atoms with Gasteiger partial charge in [0.15, 0.2) is 6.61 Å². The Kier molecular flexibility index (Phi) is 11.6. The second kappa shape index (κ2) is 14.6. The van der Waals surface area contributed by atoms with Crippen molar-refractivity contribution >= 4 is 33.4 Å². The second-order valence-electron chi connectivity index (χ2n) is 9.65. The topological polar surface area (TPSA) is 87.2 Å². The third kappa shape index (κ3) is 9.19. The fourth-order valence-electron chi connectivity index (χ4n) is 4.60. The van der Waals surface area contributed by atoms with Crippen LogP contribution in [0.3, 0.4) is 0 Å². The van der Waals surface area contributed by atoms with Crippen LogP contribution in [0.1, 0.15) is 45.1 Å². The van der Waals surface area contributed by atoms with Crippen LogP contribution in [0.4, 0.5) is 4.39 Å². The smallest absolute Gasteiger partial charge is 0.260 e. The molecule has 1 saturated heterocycles. The van der Waals surface area contributed by atoms with Crippen LogP contribution in [0.5, 0.6) is 5.75 Å². The maximum Gasteiger partial charge on any atom is 0.260 e. The molecular weight excluding hydrogens is 545 g/mol. The Labute approximate surface area is 235 Å². The first-order chi connectivity index (χ1) is 18.6. The maximum absolute atomic E-state index is 13.6. The molecule has 8 nitrogen and oxygen atoms in total. The van der Waals surface area contributed by atoms with Gasteiger partial charge >= 0.3 is 0 Å². The highest BCUT2D eigenvalue weighted by molar-refractivity contribution is 7.89. The SMILES string of the molecule is CCCN(CC(=O)N(Cc1ccc(F)cc1)C1CCN(C(=O)COc2ccc(Cl)cc2)CC1)S(=O)(=O)CCC. The first kappa shape index (κ1) is 30.8. The van der Waals surface area contributed by atoms with Gasteiger partial charge < -0.3 is 14.5 Å². The zero-order valence-corrected chi connectivity index (χ0v) is 24.1. The first-order valence-corrected chi connectivity index (χ1v) is 15.3. The van der Waals surface area contributed by atoms with E-state index in [2.05, 4.69) is 0 Å². The number of halogens is 2. The number of piperidine rings is 1. The molecule has 0 bridgehead atoms. The summed E-state index contributed by atoms with van der Waals surface area (Å²) >= 11 is 5.89. The van der Waals surface area contributed by atoms with Crippen LogP contribution in [0, 0.1) is 5.82 Å². The van der Waals surface area contributed by atoms with Crippen molar-refractivity contribution in [2.24, 2.45) is 0 Å². The molecule has 1 fully saturated rings. The van der Waals surface area contributed by atoms with Crippen molar-refractivity contribution in [2.45, 2.75) is 52.1 Å². The molecule has 0 aliphatic carbocycles. The summed E-state index contributed by atoms with van der Waals surface area (Å²) < 4.78 is 46.0. The average Bonchev–Trinajstić information content (AvgIpc) is 2.92.